The molecule has 4 aromatic rings. The number of hydrogen-bond donors (Lipinski definition) is 0. The van der Waals surface area contributed by atoms with Gasteiger partial charge in [0.2, 0.25) is 5.91 Å². The lowest BCUT2D eigenvalue weighted by atomic mass is 10.0. The summed E-state index contributed by atoms with van der Waals surface area (Å²) in [5, 5.41) is 0. The third kappa shape index (κ3) is 7.21. The Morgan fingerprint density at radius 3 is 2.20 bits per heavy atom. The minimum absolute atomic E-state index is 0.0242. The van der Waals surface area contributed by atoms with Gasteiger partial charge in [0.15, 0.2) is 0 Å². The Hall–Kier alpha value is -4.29. The molecule has 1 saturated heterocycles. The number of carbonyl (C=O) groups excluding carboxylic acids is 1. The van der Waals surface area contributed by atoms with E-state index in [1.54, 1.807) is 36.7 Å². The molecule has 3 aromatic carbocycles. The monoisotopic (exact) mass is 534 g/mol. The summed E-state index contributed by atoms with van der Waals surface area (Å²) >= 11 is 0. The normalized spacial score (nSPS) is 14.3. The maximum Gasteiger partial charge on any atom is 0.247 e. The van der Waals surface area contributed by atoms with Crippen LogP contribution in [-0.4, -0.2) is 46.9 Å². The molecular weight excluding hydrogens is 499 g/mol. The Labute approximate surface area is 236 Å². The van der Waals surface area contributed by atoms with E-state index in [0.717, 1.165) is 55.0 Å². The number of halogens is 1. The first kappa shape index (κ1) is 27.3. The third-order valence-corrected chi connectivity index (χ3v) is 7.54. The van der Waals surface area contributed by atoms with Crippen molar-refractivity contribution in [1.82, 2.24) is 14.8 Å². The number of hydrogen-bond acceptors (Lipinski definition) is 4. The van der Waals surface area contributed by atoms with Crippen molar-refractivity contribution in [3.8, 4) is 0 Å². The van der Waals surface area contributed by atoms with Crippen molar-refractivity contribution in [2.75, 3.05) is 25.0 Å². The number of rotatable bonds is 9. The molecule has 1 fully saturated rings. The number of likely N-dealkylation sites (tertiary alicyclic amines) is 1. The molecule has 0 radical (unpaired) electrons. The second-order valence-electron chi connectivity index (χ2n) is 10.3. The fourth-order valence-corrected chi connectivity index (χ4v) is 5.19. The van der Waals surface area contributed by atoms with Crippen LogP contribution in [0.15, 0.2) is 109 Å². The van der Waals surface area contributed by atoms with Crippen LogP contribution in [-0.2, 0) is 17.9 Å². The Morgan fingerprint density at radius 1 is 0.875 bits per heavy atom. The predicted octanol–water partition coefficient (Wildman–Crippen LogP) is 6.70. The molecule has 0 unspecified atom stereocenters. The highest BCUT2D eigenvalue weighted by atomic mass is 19.1. The van der Waals surface area contributed by atoms with Crippen LogP contribution in [0.1, 0.15) is 29.5 Å². The molecule has 5 rings (SSSR count). The van der Waals surface area contributed by atoms with Crippen LogP contribution in [0, 0.1) is 5.82 Å². The molecule has 0 atom stereocenters. The van der Waals surface area contributed by atoms with Gasteiger partial charge in [0.1, 0.15) is 5.82 Å². The van der Waals surface area contributed by atoms with Gasteiger partial charge in [-0.05, 0) is 72.0 Å². The highest BCUT2D eigenvalue weighted by molar-refractivity contribution is 5.92. The topological polar surface area (TPSA) is 39.7 Å². The number of amides is 1. The molecule has 0 bridgehead atoms. The van der Waals surface area contributed by atoms with Crippen LogP contribution >= 0.6 is 0 Å². The Morgan fingerprint density at radius 2 is 1.52 bits per heavy atom. The van der Waals surface area contributed by atoms with Crippen LogP contribution < -0.4 is 4.90 Å². The molecule has 1 aromatic heterocycles. The van der Waals surface area contributed by atoms with Crippen molar-refractivity contribution < 1.29 is 9.18 Å². The van der Waals surface area contributed by atoms with Gasteiger partial charge < -0.3 is 9.80 Å². The van der Waals surface area contributed by atoms with Crippen molar-refractivity contribution in [2.24, 2.45) is 0 Å². The van der Waals surface area contributed by atoms with E-state index >= 15 is 0 Å². The Bertz CT molecular complexity index is 1380. The van der Waals surface area contributed by atoms with Crippen molar-refractivity contribution in [3.63, 3.8) is 0 Å². The largest absolute Gasteiger partial charge is 0.345 e. The SMILES string of the molecule is CN(c1ccncc1)c1ccc(CN(C(=O)C=Cc2ccc(F)cc2)C2CCN(Cc3ccccc3)CC2)cc1. The average Bonchev–Trinajstić information content (AvgIpc) is 3.01. The van der Waals surface area contributed by atoms with E-state index in [0.29, 0.717) is 6.54 Å². The summed E-state index contributed by atoms with van der Waals surface area (Å²) in [4.78, 5) is 24.2. The molecule has 0 N–H and O–H groups in total. The molecule has 2 heterocycles. The molecule has 0 spiro atoms. The van der Waals surface area contributed by atoms with E-state index in [1.807, 2.05) is 30.1 Å². The number of aromatic nitrogens is 1. The molecule has 0 aliphatic carbocycles. The van der Waals surface area contributed by atoms with Gasteiger partial charge in [0.25, 0.3) is 0 Å². The zero-order valence-electron chi connectivity index (χ0n) is 22.9. The van der Waals surface area contributed by atoms with Crippen molar-refractivity contribution in [1.29, 1.82) is 0 Å². The maximum atomic E-state index is 13.6. The molecular formula is C34H35FN4O. The molecule has 6 heteroatoms. The van der Waals surface area contributed by atoms with Crippen molar-refractivity contribution in [2.45, 2.75) is 32.0 Å². The molecule has 0 saturated carbocycles. The summed E-state index contributed by atoms with van der Waals surface area (Å²) in [7, 11) is 2.03. The second kappa shape index (κ2) is 13.2. The fraction of sp³-hybridized carbons (Fsp3) is 0.235. The number of piperidine rings is 1. The molecule has 5 nitrogen and oxygen atoms in total. The summed E-state index contributed by atoms with van der Waals surface area (Å²) in [5.74, 6) is -0.311. The van der Waals surface area contributed by atoms with E-state index in [9.17, 15) is 9.18 Å². The van der Waals surface area contributed by atoms with E-state index in [1.165, 1.54) is 17.7 Å². The minimum atomic E-state index is -0.287. The lowest BCUT2D eigenvalue weighted by Gasteiger charge is -2.38. The standard InChI is InChI=1S/C34H35FN4O/c1-37(32-17-21-36-22-18-32)31-14-9-29(10-15-31)26-39(34(40)16-11-27-7-12-30(35)13-8-27)33-19-23-38(24-20-33)25-28-5-3-2-4-6-28/h2-18,21-22,33H,19-20,23-26H2,1H3. The quantitative estimate of drug-likeness (QED) is 0.224. The Kier molecular flexibility index (Phi) is 8.99. The van der Waals surface area contributed by atoms with Crippen LogP contribution in [0.4, 0.5) is 15.8 Å². The van der Waals surface area contributed by atoms with Crippen LogP contribution in [0.3, 0.4) is 0 Å². The summed E-state index contributed by atoms with van der Waals surface area (Å²) in [6.45, 7) is 3.36. The zero-order valence-corrected chi connectivity index (χ0v) is 22.9. The summed E-state index contributed by atoms with van der Waals surface area (Å²) in [6, 6.07) is 29.2. The lowest BCUT2D eigenvalue weighted by Crippen LogP contribution is -2.46. The van der Waals surface area contributed by atoms with Crippen molar-refractivity contribution >= 4 is 23.4 Å². The maximum absolute atomic E-state index is 13.6. The molecule has 1 amide bonds. The van der Waals surface area contributed by atoms with Crippen molar-refractivity contribution in [3.05, 3.63) is 132 Å². The van der Waals surface area contributed by atoms with E-state index in [2.05, 4.69) is 63.3 Å². The smallest absolute Gasteiger partial charge is 0.247 e. The van der Waals surface area contributed by atoms with E-state index in [-0.39, 0.29) is 17.8 Å². The van der Waals surface area contributed by atoms with Crippen LogP contribution in [0.5, 0.6) is 0 Å². The first-order chi connectivity index (χ1) is 19.5. The lowest BCUT2D eigenvalue weighted by molar-refractivity contribution is -0.130. The molecule has 1 aliphatic heterocycles. The van der Waals surface area contributed by atoms with E-state index < -0.39 is 0 Å². The average molecular weight is 535 g/mol. The zero-order chi connectivity index (χ0) is 27.7. The number of benzene rings is 3. The van der Waals surface area contributed by atoms with Gasteiger partial charge in [-0.25, -0.2) is 4.39 Å². The van der Waals surface area contributed by atoms with Gasteiger partial charge >= 0.3 is 0 Å². The fourth-order valence-electron chi connectivity index (χ4n) is 5.19. The van der Waals surface area contributed by atoms with Crippen LogP contribution in [0.2, 0.25) is 0 Å². The van der Waals surface area contributed by atoms with Gasteiger partial charge in [0.05, 0.1) is 0 Å². The van der Waals surface area contributed by atoms with Gasteiger partial charge in [-0.15, -0.1) is 0 Å². The summed E-state index contributed by atoms with van der Waals surface area (Å²) in [5.41, 5.74) is 5.33. The van der Waals surface area contributed by atoms with Crippen LogP contribution in [0.25, 0.3) is 6.08 Å². The van der Waals surface area contributed by atoms with Gasteiger partial charge in [-0.1, -0.05) is 54.6 Å². The minimum Gasteiger partial charge on any atom is -0.345 e. The first-order valence-electron chi connectivity index (χ1n) is 13.8. The number of anilines is 2. The molecule has 1 aliphatic rings. The highest BCUT2D eigenvalue weighted by Gasteiger charge is 2.27. The van der Waals surface area contributed by atoms with E-state index in [4.69, 9.17) is 0 Å². The van der Waals surface area contributed by atoms with Gasteiger partial charge in [-0.3, -0.25) is 14.7 Å². The molecule has 40 heavy (non-hydrogen) atoms. The first-order valence-corrected chi connectivity index (χ1v) is 13.8. The van der Waals surface area contributed by atoms with Gasteiger partial charge in [0, 0.05) is 69.1 Å². The Balaban J connectivity index is 1.29. The summed E-state index contributed by atoms with van der Waals surface area (Å²) in [6.07, 6.45) is 8.81. The second-order valence-corrected chi connectivity index (χ2v) is 10.3. The highest BCUT2D eigenvalue weighted by Crippen LogP contribution is 2.25. The van der Waals surface area contributed by atoms with Gasteiger partial charge in [-0.2, -0.15) is 0 Å². The number of carbonyl (C=O) groups is 1. The number of pyridine rings is 1. The third-order valence-electron chi connectivity index (χ3n) is 7.54. The summed E-state index contributed by atoms with van der Waals surface area (Å²) < 4.78 is 13.3. The number of nitrogens with zero attached hydrogens (tertiary/aromatic N) is 4. The predicted molar refractivity (Wildman–Crippen MR) is 159 cm³/mol. The molecule has 204 valence electrons.